The highest BCUT2D eigenvalue weighted by Crippen LogP contribution is 2.24. The van der Waals surface area contributed by atoms with E-state index >= 15 is 0 Å². The van der Waals surface area contributed by atoms with Gasteiger partial charge in [-0.2, -0.15) is 0 Å². The minimum atomic E-state index is -1.27. The van der Waals surface area contributed by atoms with E-state index in [0.717, 1.165) is 5.56 Å². The molecule has 0 fully saturated rings. The minimum Gasteiger partial charge on any atom is -0.469 e. The second kappa shape index (κ2) is 5.38. The first-order valence-corrected chi connectivity index (χ1v) is 5.87. The van der Waals surface area contributed by atoms with Gasteiger partial charge in [0, 0.05) is 12.1 Å². The molecule has 0 radical (unpaired) electrons. The van der Waals surface area contributed by atoms with Gasteiger partial charge in [-0.3, -0.25) is 9.59 Å². The van der Waals surface area contributed by atoms with E-state index in [0.29, 0.717) is 17.7 Å². The summed E-state index contributed by atoms with van der Waals surface area (Å²) in [6.07, 6.45) is -2.81. The maximum absolute atomic E-state index is 11.5. The molecule has 1 aliphatic heterocycles. The van der Waals surface area contributed by atoms with Crippen molar-refractivity contribution in [2.45, 2.75) is 25.2 Å². The van der Waals surface area contributed by atoms with Gasteiger partial charge in [0.25, 0.3) is 5.91 Å². The van der Waals surface area contributed by atoms with Crippen molar-refractivity contribution >= 4 is 11.9 Å². The van der Waals surface area contributed by atoms with Crippen LogP contribution >= 0.6 is 0 Å². The van der Waals surface area contributed by atoms with Gasteiger partial charge >= 0.3 is 5.97 Å². The van der Waals surface area contributed by atoms with Crippen molar-refractivity contribution in [1.29, 1.82) is 0 Å². The van der Waals surface area contributed by atoms with Gasteiger partial charge in [-0.25, -0.2) is 0 Å². The summed E-state index contributed by atoms with van der Waals surface area (Å²) in [5.41, 5.74) is 1.73. The summed E-state index contributed by atoms with van der Waals surface area (Å²) in [6.45, 7) is 0.468. The van der Waals surface area contributed by atoms with Crippen LogP contribution in [-0.2, 0) is 16.1 Å². The maximum Gasteiger partial charge on any atom is 0.308 e. The zero-order valence-electron chi connectivity index (χ0n) is 10.4. The number of aliphatic hydroxyl groups excluding tert-OH is 2. The Bertz CT molecular complexity index is 514. The monoisotopic (exact) mass is 265 g/mol. The summed E-state index contributed by atoms with van der Waals surface area (Å²) in [4.78, 5) is 22.5. The number of fused-ring (bicyclic) bond motifs is 1. The fourth-order valence-electron chi connectivity index (χ4n) is 2.00. The molecule has 1 aliphatic rings. The molecular formula is C13H15NO5. The molecule has 3 N–H and O–H groups in total. The quantitative estimate of drug-likeness (QED) is 0.660. The Hall–Kier alpha value is -1.92. The van der Waals surface area contributed by atoms with Crippen molar-refractivity contribution in [2.75, 3.05) is 7.11 Å². The zero-order chi connectivity index (χ0) is 14.0. The number of ether oxygens (including phenoxy) is 1. The number of hydrogen-bond donors (Lipinski definition) is 3. The first kappa shape index (κ1) is 13.5. The lowest BCUT2D eigenvalue weighted by atomic mass is 9.98. The summed E-state index contributed by atoms with van der Waals surface area (Å²) in [6, 6.07) is 4.88. The third-order valence-electron chi connectivity index (χ3n) is 3.13. The van der Waals surface area contributed by atoms with Crippen LogP contribution in [0.2, 0.25) is 0 Å². The van der Waals surface area contributed by atoms with Crippen LogP contribution in [0.15, 0.2) is 18.2 Å². The number of methoxy groups -OCH3 is 1. The number of esters is 1. The first-order valence-electron chi connectivity index (χ1n) is 5.87. The van der Waals surface area contributed by atoms with Gasteiger partial charge < -0.3 is 20.3 Å². The van der Waals surface area contributed by atoms with Crippen molar-refractivity contribution in [3.05, 3.63) is 34.9 Å². The van der Waals surface area contributed by atoms with Crippen molar-refractivity contribution in [3.63, 3.8) is 0 Å². The molecule has 1 amide bonds. The third kappa shape index (κ3) is 2.74. The lowest BCUT2D eigenvalue weighted by molar-refractivity contribution is -0.144. The van der Waals surface area contributed by atoms with Crippen molar-refractivity contribution in [1.82, 2.24) is 5.32 Å². The van der Waals surface area contributed by atoms with Crippen LogP contribution in [0.1, 0.15) is 34.0 Å². The SMILES string of the molecule is COC(=O)CC(O)C(O)c1ccc2c(c1)C(=O)NC2. The summed E-state index contributed by atoms with van der Waals surface area (Å²) >= 11 is 0. The van der Waals surface area contributed by atoms with E-state index in [1.54, 1.807) is 12.1 Å². The Morgan fingerprint density at radius 1 is 1.47 bits per heavy atom. The van der Waals surface area contributed by atoms with E-state index < -0.39 is 18.2 Å². The van der Waals surface area contributed by atoms with E-state index in [1.165, 1.54) is 13.2 Å². The van der Waals surface area contributed by atoms with Crippen LogP contribution < -0.4 is 5.32 Å². The predicted molar refractivity (Wildman–Crippen MR) is 65.2 cm³/mol. The van der Waals surface area contributed by atoms with Crippen LogP contribution in [-0.4, -0.2) is 35.3 Å². The Balaban J connectivity index is 2.15. The molecule has 1 aromatic rings. The van der Waals surface area contributed by atoms with Crippen LogP contribution in [0.3, 0.4) is 0 Å². The molecule has 2 unspecified atom stereocenters. The normalized spacial score (nSPS) is 16.5. The number of carbonyl (C=O) groups excluding carboxylic acids is 2. The molecule has 0 aromatic heterocycles. The maximum atomic E-state index is 11.5. The molecule has 19 heavy (non-hydrogen) atoms. The van der Waals surface area contributed by atoms with E-state index in [-0.39, 0.29) is 12.3 Å². The van der Waals surface area contributed by atoms with Gasteiger partial charge in [-0.1, -0.05) is 12.1 Å². The molecule has 2 atom stereocenters. The molecule has 6 nitrogen and oxygen atoms in total. The molecule has 102 valence electrons. The smallest absolute Gasteiger partial charge is 0.308 e. The van der Waals surface area contributed by atoms with Gasteiger partial charge in [0.15, 0.2) is 0 Å². The van der Waals surface area contributed by atoms with Gasteiger partial charge in [0.1, 0.15) is 6.10 Å². The van der Waals surface area contributed by atoms with E-state index in [9.17, 15) is 19.8 Å². The topological polar surface area (TPSA) is 95.9 Å². The minimum absolute atomic E-state index is 0.202. The molecule has 1 aromatic carbocycles. The molecule has 0 saturated carbocycles. The number of benzene rings is 1. The number of amides is 1. The molecule has 0 bridgehead atoms. The summed E-state index contributed by atoms with van der Waals surface area (Å²) < 4.78 is 4.42. The van der Waals surface area contributed by atoms with Crippen molar-refractivity contribution < 1.29 is 24.5 Å². The third-order valence-corrected chi connectivity index (χ3v) is 3.13. The van der Waals surface area contributed by atoms with Gasteiger partial charge in [-0.05, 0) is 17.2 Å². The second-order valence-electron chi connectivity index (χ2n) is 4.39. The Morgan fingerprint density at radius 3 is 2.89 bits per heavy atom. The fourth-order valence-corrected chi connectivity index (χ4v) is 2.00. The number of hydrogen-bond acceptors (Lipinski definition) is 5. The number of aliphatic hydroxyl groups is 2. The second-order valence-corrected chi connectivity index (χ2v) is 4.39. The van der Waals surface area contributed by atoms with Crippen LogP contribution in [0.25, 0.3) is 0 Å². The Kier molecular flexibility index (Phi) is 3.82. The lowest BCUT2D eigenvalue weighted by Crippen LogP contribution is -2.22. The first-order chi connectivity index (χ1) is 9.02. The van der Waals surface area contributed by atoms with Gasteiger partial charge in [-0.15, -0.1) is 0 Å². The molecule has 1 heterocycles. The largest absolute Gasteiger partial charge is 0.469 e. The Morgan fingerprint density at radius 2 is 2.21 bits per heavy atom. The molecule has 0 spiro atoms. The molecule has 2 rings (SSSR count). The van der Waals surface area contributed by atoms with Crippen LogP contribution in [0.4, 0.5) is 0 Å². The average Bonchev–Trinajstić information content (AvgIpc) is 2.78. The highest BCUT2D eigenvalue weighted by molar-refractivity contribution is 5.98. The number of nitrogens with one attached hydrogen (secondary N) is 1. The zero-order valence-corrected chi connectivity index (χ0v) is 10.4. The fraction of sp³-hybridized carbons (Fsp3) is 0.385. The number of rotatable bonds is 4. The van der Waals surface area contributed by atoms with E-state index in [1.807, 2.05) is 0 Å². The standard InChI is InChI=1S/C13H15NO5/c1-19-11(16)5-10(15)12(17)7-2-3-8-6-14-13(18)9(8)4-7/h2-4,10,12,15,17H,5-6H2,1H3,(H,14,18). The van der Waals surface area contributed by atoms with Crippen molar-refractivity contribution in [2.24, 2.45) is 0 Å². The highest BCUT2D eigenvalue weighted by atomic mass is 16.5. The average molecular weight is 265 g/mol. The molecular weight excluding hydrogens is 250 g/mol. The summed E-state index contributed by atoms with van der Waals surface area (Å²) in [5.74, 6) is -0.808. The number of carbonyl (C=O) groups is 2. The molecule has 0 aliphatic carbocycles. The van der Waals surface area contributed by atoms with Crippen LogP contribution in [0.5, 0.6) is 0 Å². The highest BCUT2D eigenvalue weighted by Gasteiger charge is 2.25. The van der Waals surface area contributed by atoms with Crippen LogP contribution in [0, 0.1) is 0 Å². The van der Waals surface area contributed by atoms with Gasteiger partial charge in [0.2, 0.25) is 0 Å². The lowest BCUT2D eigenvalue weighted by Gasteiger charge is -2.17. The van der Waals surface area contributed by atoms with E-state index in [2.05, 4.69) is 10.1 Å². The van der Waals surface area contributed by atoms with E-state index in [4.69, 9.17) is 0 Å². The Labute approximate surface area is 110 Å². The molecule has 6 heteroatoms. The summed E-state index contributed by atoms with van der Waals surface area (Å²) in [5, 5.41) is 22.4. The predicted octanol–water partition coefficient (Wildman–Crippen LogP) is -0.113. The van der Waals surface area contributed by atoms with Gasteiger partial charge in [0.05, 0.1) is 19.6 Å². The molecule has 0 saturated heterocycles. The van der Waals surface area contributed by atoms with Crippen molar-refractivity contribution in [3.8, 4) is 0 Å². The summed E-state index contributed by atoms with van der Waals surface area (Å²) in [7, 11) is 1.21.